The minimum Gasteiger partial charge on any atom is -0.375 e. The van der Waals surface area contributed by atoms with Crippen LogP contribution in [0.2, 0.25) is 0 Å². The van der Waals surface area contributed by atoms with Crippen LogP contribution in [0.4, 0.5) is 0 Å². The Morgan fingerprint density at radius 3 is 2.00 bits per heavy atom. The second-order valence-corrected chi connectivity index (χ2v) is 16.2. The van der Waals surface area contributed by atoms with E-state index in [-0.39, 0.29) is 27.5 Å². The number of aromatic nitrogens is 4. The predicted octanol–water partition coefficient (Wildman–Crippen LogP) is 7.16. The highest BCUT2D eigenvalue weighted by Crippen LogP contribution is 2.40. The Morgan fingerprint density at radius 2 is 1.48 bits per heavy atom. The maximum atomic E-state index is 12.8. The lowest BCUT2D eigenvalue weighted by Crippen LogP contribution is -2.34. The first-order valence-corrected chi connectivity index (χ1v) is 16.5. The second kappa shape index (κ2) is 11.7. The largest absolute Gasteiger partial charge is 0.375 e. The van der Waals surface area contributed by atoms with Gasteiger partial charge in [-0.3, -0.25) is 9.59 Å². The van der Waals surface area contributed by atoms with Crippen molar-refractivity contribution in [2.75, 3.05) is 6.61 Å². The fourth-order valence-electron chi connectivity index (χ4n) is 6.48. The quantitative estimate of drug-likeness (QED) is 0.376. The summed E-state index contributed by atoms with van der Waals surface area (Å²) in [6.45, 7) is 18.5. The van der Waals surface area contributed by atoms with Crippen molar-refractivity contribution in [3.05, 3.63) is 55.4 Å². The molecule has 3 saturated carbocycles. The van der Waals surface area contributed by atoms with Crippen molar-refractivity contribution in [2.24, 2.45) is 5.92 Å². The van der Waals surface area contributed by atoms with Crippen LogP contribution in [0.15, 0.2) is 21.7 Å². The highest BCUT2D eigenvalue weighted by molar-refractivity contribution is 5.26. The van der Waals surface area contributed by atoms with E-state index in [0.717, 1.165) is 48.4 Å². The Balaban J connectivity index is 0.000000169. The highest BCUT2D eigenvalue weighted by Gasteiger charge is 2.34. The minimum atomic E-state index is -0.142. The van der Waals surface area contributed by atoms with E-state index in [0.29, 0.717) is 30.3 Å². The van der Waals surface area contributed by atoms with Crippen LogP contribution < -0.4 is 11.1 Å². The van der Waals surface area contributed by atoms with E-state index in [1.807, 2.05) is 10.7 Å². The summed E-state index contributed by atoms with van der Waals surface area (Å²) < 4.78 is 9.36. The van der Waals surface area contributed by atoms with Crippen molar-refractivity contribution in [2.45, 2.75) is 160 Å². The molecule has 0 radical (unpaired) electrons. The number of hydrogen-bond donors (Lipinski definition) is 0. The molecule has 4 fully saturated rings. The molecule has 0 amide bonds. The van der Waals surface area contributed by atoms with E-state index in [1.54, 1.807) is 4.68 Å². The summed E-state index contributed by atoms with van der Waals surface area (Å²) in [6.07, 6.45) is 11.7. The first-order chi connectivity index (χ1) is 19.6. The number of ether oxygens (including phenoxy) is 1. The third kappa shape index (κ3) is 7.43. The Bertz CT molecular complexity index is 1380. The molecule has 4 aliphatic rings. The molecule has 1 aliphatic heterocycles. The van der Waals surface area contributed by atoms with Gasteiger partial charge in [-0.1, -0.05) is 60.8 Å². The summed E-state index contributed by atoms with van der Waals surface area (Å²) in [6, 6.07) is 4.46. The third-order valence-electron chi connectivity index (χ3n) is 9.39. The zero-order valence-corrected chi connectivity index (χ0v) is 27.5. The standard InChI is InChI=1S/C18H28N2O2.C17H26N2O/c1-17(2,3)14-8-15(13-6-7-13)19-20(16(14)21)10-12-9-18(4,5)22-11-12;1-17(2,3)15-11-14(12-9-10-12)16(20)19(18-15)13-7-5-4-6-8-13/h8,12-13H,6-7,9-11H2,1-5H3;11-13H,4-10H2,1-3H3. The van der Waals surface area contributed by atoms with Crippen molar-refractivity contribution >= 4 is 0 Å². The smallest absolute Gasteiger partial charge is 0.270 e. The molecule has 2 aromatic heterocycles. The molecule has 0 aromatic carbocycles. The van der Waals surface area contributed by atoms with Gasteiger partial charge in [-0.05, 0) is 82.3 Å². The van der Waals surface area contributed by atoms with Gasteiger partial charge in [0.1, 0.15) is 0 Å². The summed E-state index contributed by atoms with van der Waals surface area (Å²) in [5.41, 5.74) is 4.14. The zero-order valence-electron chi connectivity index (χ0n) is 27.5. The van der Waals surface area contributed by atoms with Crippen LogP contribution in [0, 0.1) is 5.92 Å². The molecule has 0 spiro atoms. The van der Waals surface area contributed by atoms with Gasteiger partial charge in [0, 0.05) is 28.4 Å². The van der Waals surface area contributed by atoms with Gasteiger partial charge in [0.15, 0.2) is 0 Å². The molecule has 0 N–H and O–H groups in total. The fourth-order valence-corrected chi connectivity index (χ4v) is 6.48. The van der Waals surface area contributed by atoms with Crippen molar-refractivity contribution in [1.82, 2.24) is 19.6 Å². The van der Waals surface area contributed by atoms with Crippen molar-refractivity contribution in [3.8, 4) is 0 Å². The van der Waals surface area contributed by atoms with Gasteiger partial charge in [-0.2, -0.15) is 10.2 Å². The third-order valence-corrected chi connectivity index (χ3v) is 9.39. The van der Waals surface area contributed by atoms with Crippen LogP contribution in [-0.2, 0) is 22.1 Å². The van der Waals surface area contributed by atoms with Crippen LogP contribution in [0.3, 0.4) is 0 Å². The van der Waals surface area contributed by atoms with E-state index in [1.165, 1.54) is 44.9 Å². The fraction of sp³-hybridized carbons (Fsp3) is 0.771. The molecule has 7 heteroatoms. The average Bonchev–Trinajstić information content (AvgIpc) is 3.83. The summed E-state index contributed by atoms with van der Waals surface area (Å²) in [5, 5.41) is 9.41. The number of rotatable bonds is 5. The van der Waals surface area contributed by atoms with Gasteiger partial charge in [0.05, 0.1) is 36.2 Å². The van der Waals surface area contributed by atoms with Crippen LogP contribution in [-0.4, -0.2) is 31.8 Å². The summed E-state index contributed by atoms with van der Waals surface area (Å²) in [5.74, 6) is 1.44. The molecule has 6 rings (SSSR count). The first-order valence-electron chi connectivity index (χ1n) is 16.5. The lowest BCUT2D eigenvalue weighted by molar-refractivity contribution is 0.0346. The molecule has 3 aliphatic carbocycles. The van der Waals surface area contributed by atoms with Gasteiger partial charge < -0.3 is 4.74 Å². The second-order valence-electron chi connectivity index (χ2n) is 16.2. The monoisotopic (exact) mass is 578 g/mol. The molecular weight excluding hydrogens is 524 g/mol. The molecule has 1 atom stereocenters. The summed E-state index contributed by atoms with van der Waals surface area (Å²) >= 11 is 0. The molecular formula is C35H54N4O3. The molecule has 1 unspecified atom stereocenters. The normalized spacial score (nSPS) is 23.0. The van der Waals surface area contributed by atoms with E-state index >= 15 is 0 Å². The van der Waals surface area contributed by atoms with Gasteiger partial charge in [-0.25, -0.2) is 9.36 Å². The molecule has 0 bridgehead atoms. The molecule has 7 nitrogen and oxygen atoms in total. The van der Waals surface area contributed by atoms with Crippen LogP contribution in [0.1, 0.15) is 160 Å². The lowest BCUT2D eigenvalue weighted by Gasteiger charge is -2.26. The number of nitrogens with zero attached hydrogens (tertiary/aromatic N) is 4. The Hall–Kier alpha value is -2.28. The minimum absolute atomic E-state index is 0.00770. The summed E-state index contributed by atoms with van der Waals surface area (Å²) in [4.78, 5) is 25.5. The SMILES string of the molecule is CC(C)(C)c1cc(C2CC2)c(=O)n(C2CCCCC2)n1.CC1(C)CC(Cn2nc(C3CC3)cc(C(C)(C)C)c2=O)CO1. The van der Waals surface area contributed by atoms with Crippen LogP contribution >= 0.6 is 0 Å². The van der Waals surface area contributed by atoms with Crippen molar-refractivity contribution in [3.63, 3.8) is 0 Å². The topological polar surface area (TPSA) is 79.0 Å². The Morgan fingerprint density at radius 1 is 0.833 bits per heavy atom. The predicted molar refractivity (Wildman–Crippen MR) is 169 cm³/mol. The average molecular weight is 579 g/mol. The molecule has 3 heterocycles. The molecule has 1 saturated heterocycles. The Labute approximate surface area is 252 Å². The first kappa shape index (κ1) is 31.2. The lowest BCUT2D eigenvalue weighted by atomic mass is 9.87. The molecule has 42 heavy (non-hydrogen) atoms. The maximum Gasteiger partial charge on any atom is 0.270 e. The van der Waals surface area contributed by atoms with E-state index in [2.05, 4.69) is 66.6 Å². The highest BCUT2D eigenvalue weighted by atomic mass is 16.5. The maximum absolute atomic E-state index is 12.8. The van der Waals surface area contributed by atoms with Crippen molar-refractivity contribution < 1.29 is 4.74 Å². The van der Waals surface area contributed by atoms with Gasteiger partial charge in [0.2, 0.25) is 0 Å². The van der Waals surface area contributed by atoms with Gasteiger partial charge in [0.25, 0.3) is 11.1 Å². The van der Waals surface area contributed by atoms with Gasteiger partial charge >= 0.3 is 0 Å². The van der Waals surface area contributed by atoms with Crippen molar-refractivity contribution in [1.29, 1.82) is 0 Å². The molecule has 232 valence electrons. The van der Waals surface area contributed by atoms with Crippen LogP contribution in [0.5, 0.6) is 0 Å². The Kier molecular flexibility index (Phi) is 8.65. The number of hydrogen-bond acceptors (Lipinski definition) is 5. The van der Waals surface area contributed by atoms with Crippen LogP contribution in [0.25, 0.3) is 0 Å². The summed E-state index contributed by atoms with van der Waals surface area (Å²) in [7, 11) is 0. The molecule has 2 aromatic rings. The van der Waals surface area contributed by atoms with Gasteiger partial charge in [-0.15, -0.1) is 0 Å². The van der Waals surface area contributed by atoms with E-state index in [9.17, 15) is 9.59 Å². The van der Waals surface area contributed by atoms with E-state index in [4.69, 9.17) is 9.84 Å². The van der Waals surface area contributed by atoms with E-state index < -0.39 is 0 Å². The zero-order chi connectivity index (χ0) is 30.4.